The van der Waals surface area contributed by atoms with Crippen LogP contribution in [-0.4, -0.2) is 17.3 Å². The van der Waals surface area contributed by atoms with Crippen molar-refractivity contribution in [3.63, 3.8) is 0 Å². The number of hydrogen-bond donors (Lipinski definition) is 1. The Morgan fingerprint density at radius 1 is 1.54 bits per heavy atom. The first-order chi connectivity index (χ1) is 5.79. The minimum atomic E-state index is -4.55. The predicted molar refractivity (Wildman–Crippen MR) is 41.2 cm³/mol. The van der Waals surface area contributed by atoms with Crippen molar-refractivity contribution >= 4 is 5.97 Å². The molecule has 0 aromatic heterocycles. The van der Waals surface area contributed by atoms with Crippen molar-refractivity contribution in [2.24, 2.45) is 5.92 Å². The molecule has 0 saturated heterocycles. The summed E-state index contributed by atoms with van der Waals surface area (Å²) in [5, 5.41) is 8.22. The Balaban J connectivity index is 4.87. The van der Waals surface area contributed by atoms with E-state index in [1.54, 1.807) is 6.92 Å². The fourth-order valence-electron chi connectivity index (χ4n) is 0.856. The van der Waals surface area contributed by atoms with Gasteiger partial charge in [0.15, 0.2) is 0 Å². The number of halogens is 3. The second-order valence-corrected chi connectivity index (χ2v) is 2.74. The first-order valence-electron chi connectivity index (χ1n) is 3.80. The van der Waals surface area contributed by atoms with E-state index in [2.05, 4.69) is 0 Å². The van der Waals surface area contributed by atoms with Crippen molar-refractivity contribution < 1.29 is 23.1 Å². The largest absolute Gasteiger partial charge is 0.478 e. The summed E-state index contributed by atoms with van der Waals surface area (Å²) in [5.41, 5.74) is -0.984. The molecule has 0 fully saturated rings. The van der Waals surface area contributed by atoms with E-state index in [1.165, 1.54) is 6.92 Å². The lowest BCUT2D eigenvalue weighted by Crippen LogP contribution is -2.19. The molecule has 0 rings (SSSR count). The Morgan fingerprint density at radius 3 is 2.23 bits per heavy atom. The quantitative estimate of drug-likeness (QED) is 0.704. The van der Waals surface area contributed by atoms with Crippen LogP contribution in [0.2, 0.25) is 0 Å². The molecular formula is C8H11F3O2. The second kappa shape index (κ2) is 4.30. The lowest BCUT2D eigenvalue weighted by Gasteiger charge is -2.16. The van der Waals surface area contributed by atoms with E-state index >= 15 is 0 Å². The molecule has 0 aliphatic rings. The van der Waals surface area contributed by atoms with E-state index in [-0.39, 0.29) is 12.5 Å². The highest BCUT2D eigenvalue weighted by atomic mass is 19.4. The van der Waals surface area contributed by atoms with Gasteiger partial charge in [0.2, 0.25) is 0 Å². The van der Waals surface area contributed by atoms with Crippen LogP contribution in [0.3, 0.4) is 0 Å². The van der Waals surface area contributed by atoms with Gasteiger partial charge in [-0.1, -0.05) is 13.8 Å². The maximum absolute atomic E-state index is 12.2. The summed E-state index contributed by atoms with van der Waals surface area (Å²) in [4.78, 5) is 10.1. The fourth-order valence-corrected chi connectivity index (χ4v) is 0.856. The molecule has 0 aliphatic heterocycles. The van der Waals surface area contributed by atoms with E-state index in [0.29, 0.717) is 0 Å². The molecule has 0 heterocycles. The van der Waals surface area contributed by atoms with Gasteiger partial charge in [0, 0.05) is 11.6 Å². The number of carboxylic acids is 1. The van der Waals surface area contributed by atoms with Gasteiger partial charge in [-0.2, -0.15) is 13.2 Å². The van der Waals surface area contributed by atoms with Gasteiger partial charge in [0.25, 0.3) is 0 Å². The SMILES string of the molecule is CCC(C)/C(=C\C(=O)O)C(F)(F)F. The van der Waals surface area contributed by atoms with E-state index in [9.17, 15) is 18.0 Å². The smallest absolute Gasteiger partial charge is 0.413 e. The molecule has 13 heavy (non-hydrogen) atoms. The number of allylic oxidation sites excluding steroid dienone is 1. The zero-order valence-corrected chi connectivity index (χ0v) is 7.35. The predicted octanol–water partition coefficient (Wildman–Crippen LogP) is 2.61. The van der Waals surface area contributed by atoms with E-state index in [4.69, 9.17) is 5.11 Å². The topological polar surface area (TPSA) is 37.3 Å². The molecule has 0 bridgehead atoms. The molecule has 1 unspecified atom stereocenters. The van der Waals surface area contributed by atoms with Crippen LogP contribution in [0.5, 0.6) is 0 Å². The van der Waals surface area contributed by atoms with Crippen LogP contribution in [0.25, 0.3) is 0 Å². The van der Waals surface area contributed by atoms with Crippen LogP contribution in [0.15, 0.2) is 11.6 Å². The second-order valence-electron chi connectivity index (χ2n) is 2.74. The van der Waals surface area contributed by atoms with Crippen LogP contribution >= 0.6 is 0 Å². The van der Waals surface area contributed by atoms with Crippen molar-refractivity contribution in [1.29, 1.82) is 0 Å². The van der Waals surface area contributed by atoms with Crippen LogP contribution in [0.4, 0.5) is 13.2 Å². The molecule has 0 saturated carbocycles. The minimum absolute atomic E-state index is 0.230. The standard InChI is InChI=1S/C8H11F3O2/c1-3-5(2)6(4-7(12)13)8(9,10)11/h4-5H,3H2,1-2H3,(H,12,13)/b6-4+. The van der Waals surface area contributed by atoms with Crippen LogP contribution in [0, 0.1) is 5.92 Å². The molecule has 1 N–H and O–H groups in total. The van der Waals surface area contributed by atoms with Gasteiger partial charge in [-0.05, 0) is 12.3 Å². The Bertz CT molecular complexity index is 218. The van der Waals surface area contributed by atoms with Crippen molar-refractivity contribution in [1.82, 2.24) is 0 Å². The molecule has 2 nitrogen and oxygen atoms in total. The van der Waals surface area contributed by atoms with Gasteiger partial charge in [-0.25, -0.2) is 4.79 Å². The summed E-state index contributed by atoms with van der Waals surface area (Å²) in [7, 11) is 0. The highest BCUT2D eigenvalue weighted by Crippen LogP contribution is 2.32. The Morgan fingerprint density at radius 2 is 2.00 bits per heavy atom. The molecule has 5 heteroatoms. The van der Waals surface area contributed by atoms with Crippen molar-refractivity contribution in [2.75, 3.05) is 0 Å². The monoisotopic (exact) mass is 196 g/mol. The van der Waals surface area contributed by atoms with Gasteiger partial charge in [0.05, 0.1) is 0 Å². The first kappa shape index (κ1) is 12.0. The third kappa shape index (κ3) is 3.96. The van der Waals surface area contributed by atoms with Gasteiger partial charge >= 0.3 is 12.1 Å². The number of carbonyl (C=O) groups is 1. The lowest BCUT2D eigenvalue weighted by atomic mass is 9.98. The van der Waals surface area contributed by atoms with Crippen molar-refractivity contribution in [3.8, 4) is 0 Å². The molecule has 1 atom stereocenters. The van der Waals surface area contributed by atoms with Crippen LogP contribution < -0.4 is 0 Å². The molecule has 0 aliphatic carbocycles. The summed E-state index contributed by atoms with van der Waals surface area (Å²) < 4.78 is 36.6. The Hall–Kier alpha value is -1.00. The zero-order chi connectivity index (χ0) is 10.6. The molecule has 0 aromatic rings. The van der Waals surface area contributed by atoms with E-state index < -0.39 is 23.6 Å². The number of rotatable bonds is 3. The van der Waals surface area contributed by atoms with Crippen molar-refractivity contribution in [3.05, 3.63) is 11.6 Å². The minimum Gasteiger partial charge on any atom is -0.478 e. The van der Waals surface area contributed by atoms with E-state index in [0.717, 1.165) is 0 Å². The number of aliphatic carboxylic acids is 1. The zero-order valence-electron chi connectivity index (χ0n) is 7.35. The average molecular weight is 196 g/mol. The summed E-state index contributed by atoms with van der Waals surface area (Å²) in [6.45, 7) is 2.92. The molecule has 0 spiro atoms. The third-order valence-corrected chi connectivity index (χ3v) is 1.75. The first-order valence-corrected chi connectivity index (χ1v) is 3.80. The number of carboxylic acid groups (broad SMARTS) is 1. The average Bonchev–Trinajstić information content (AvgIpc) is 1.96. The molecule has 0 radical (unpaired) electrons. The molecular weight excluding hydrogens is 185 g/mol. The Kier molecular flexibility index (Phi) is 3.97. The number of hydrogen-bond acceptors (Lipinski definition) is 1. The van der Waals surface area contributed by atoms with Gasteiger partial charge < -0.3 is 5.11 Å². The highest BCUT2D eigenvalue weighted by molar-refractivity contribution is 5.81. The molecule has 0 aromatic carbocycles. The van der Waals surface area contributed by atoms with Crippen LogP contribution in [0.1, 0.15) is 20.3 Å². The van der Waals surface area contributed by atoms with Crippen molar-refractivity contribution in [2.45, 2.75) is 26.4 Å². The summed E-state index contributed by atoms with van der Waals surface area (Å²) >= 11 is 0. The molecule has 0 amide bonds. The van der Waals surface area contributed by atoms with Crippen LogP contribution in [-0.2, 0) is 4.79 Å². The summed E-state index contributed by atoms with van der Waals surface area (Å²) in [6.07, 6.45) is -4.05. The number of alkyl halides is 3. The summed E-state index contributed by atoms with van der Waals surface area (Å²) in [6, 6.07) is 0. The summed E-state index contributed by atoms with van der Waals surface area (Å²) in [5.74, 6) is -2.34. The normalized spacial score (nSPS) is 15.6. The highest BCUT2D eigenvalue weighted by Gasteiger charge is 2.36. The maximum Gasteiger partial charge on any atom is 0.413 e. The fraction of sp³-hybridized carbons (Fsp3) is 0.625. The van der Waals surface area contributed by atoms with Gasteiger partial charge in [-0.3, -0.25) is 0 Å². The Labute approximate surface area is 74.1 Å². The maximum atomic E-state index is 12.2. The van der Waals surface area contributed by atoms with Gasteiger partial charge in [-0.15, -0.1) is 0 Å². The third-order valence-electron chi connectivity index (χ3n) is 1.75. The van der Waals surface area contributed by atoms with E-state index in [1.807, 2.05) is 0 Å². The van der Waals surface area contributed by atoms with Gasteiger partial charge in [0.1, 0.15) is 0 Å². The molecule has 76 valence electrons. The lowest BCUT2D eigenvalue weighted by molar-refractivity contribution is -0.133.